The molecule has 0 rings (SSSR count). The zero-order valence-electron chi connectivity index (χ0n) is 20.1. The summed E-state index contributed by atoms with van der Waals surface area (Å²) in [6.07, 6.45) is 8.63. The summed E-state index contributed by atoms with van der Waals surface area (Å²) in [6, 6.07) is 0. The van der Waals surface area contributed by atoms with Crippen molar-refractivity contribution in [3.8, 4) is 0 Å². The van der Waals surface area contributed by atoms with Crippen LogP contribution in [0.2, 0.25) is 0 Å². The SMILES string of the molecule is CCCCCCCCCCCC(=O)OC[C@H](COP(=O)(O)OC[C@@H](O)CO)OC(=O)CCC. The molecule has 196 valence electrons. The van der Waals surface area contributed by atoms with Crippen LogP contribution in [0.25, 0.3) is 0 Å². The van der Waals surface area contributed by atoms with Crippen molar-refractivity contribution in [1.82, 2.24) is 0 Å². The molecule has 0 saturated carbocycles. The standard InChI is InChI=1S/C22H43O10P/c1-3-5-6-7-8-9-10-11-12-14-21(25)29-17-20(32-22(26)13-4-2)18-31-33(27,28)30-16-19(24)15-23/h19-20,23-24H,3-18H2,1-2H3,(H,27,28)/t19-,20+/m0/s1. The molecule has 0 heterocycles. The van der Waals surface area contributed by atoms with E-state index in [9.17, 15) is 24.2 Å². The van der Waals surface area contributed by atoms with Crippen molar-refractivity contribution in [2.75, 3.05) is 26.4 Å². The normalized spacial score (nSPS) is 14.9. The van der Waals surface area contributed by atoms with Gasteiger partial charge in [0.05, 0.1) is 19.8 Å². The zero-order valence-corrected chi connectivity index (χ0v) is 21.0. The van der Waals surface area contributed by atoms with Crippen molar-refractivity contribution >= 4 is 19.8 Å². The van der Waals surface area contributed by atoms with Gasteiger partial charge in [-0.25, -0.2) is 4.57 Å². The number of carbonyl (C=O) groups is 2. The third-order valence-electron chi connectivity index (χ3n) is 4.73. The summed E-state index contributed by atoms with van der Waals surface area (Å²) in [5.41, 5.74) is 0. The molecule has 0 aromatic heterocycles. The van der Waals surface area contributed by atoms with Gasteiger partial charge in [-0.15, -0.1) is 0 Å². The third kappa shape index (κ3) is 20.1. The summed E-state index contributed by atoms with van der Waals surface area (Å²) in [6.45, 7) is 1.87. The van der Waals surface area contributed by atoms with Gasteiger partial charge in [0.25, 0.3) is 0 Å². The second-order valence-corrected chi connectivity index (χ2v) is 9.47. The minimum absolute atomic E-state index is 0.138. The molecule has 10 nitrogen and oxygen atoms in total. The van der Waals surface area contributed by atoms with Crippen LogP contribution in [0.5, 0.6) is 0 Å². The molecular formula is C22H43O10P. The lowest BCUT2D eigenvalue weighted by atomic mass is 10.1. The highest BCUT2D eigenvalue weighted by Crippen LogP contribution is 2.43. The van der Waals surface area contributed by atoms with E-state index in [0.717, 1.165) is 19.3 Å². The largest absolute Gasteiger partial charge is 0.472 e. The summed E-state index contributed by atoms with van der Waals surface area (Å²) < 4.78 is 31.5. The molecule has 0 radical (unpaired) electrons. The van der Waals surface area contributed by atoms with Crippen molar-refractivity contribution in [3.63, 3.8) is 0 Å². The van der Waals surface area contributed by atoms with Gasteiger partial charge in [-0.05, 0) is 12.8 Å². The molecule has 11 heteroatoms. The van der Waals surface area contributed by atoms with Crippen molar-refractivity contribution in [3.05, 3.63) is 0 Å². The topological polar surface area (TPSA) is 149 Å². The van der Waals surface area contributed by atoms with Crippen LogP contribution in [-0.4, -0.2) is 65.7 Å². The Morgan fingerprint density at radius 1 is 0.788 bits per heavy atom. The number of esters is 2. The highest BCUT2D eigenvalue weighted by atomic mass is 31.2. The summed E-state index contributed by atoms with van der Waals surface area (Å²) in [7, 11) is -4.56. The van der Waals surface area contributed by atoms with Gasteiger partial charge in [-0.3, -0.25) is 18.6 Å². The molecule has 0 aliphatic heterocycles. The lowest BCUT2D eigenvalue weighted by Crippen LogP contribution is -2.29. The van der Waals surface area contributed by atoms with E-state index in [2.05, 4.69) is 11.4 Å². The number of unbranched alkanes of at least 4 members (excludes halogenated alkanes) is 8. The van der Waals surface area contributed by atoms with E-state index in [-0.39, 0.29) is 19.4 Å². The first-order valence-corrected chi connectivity index (χ1v) is 13.5. The smallest absolute Gasteiger partial charge is 0.462 e. The van der Waals surface area contributed by atoms with E-state index >= 15 is 0 Å². The van der Waals surface area contributed by atoms with E-state index < -0.39 is 51.8 Å². The zero-order chi connectivity index (χ0) is 25.0. The highest BCUT2D eigenvalue weighted by Gasteiger charge is 2.27. The first-order chi connectivity index (χ1) is 15.7. The maximum absolute atomic E-state index is 12.0. The molecule has 33 heavy (non-hydrogen) atoms. The van der Waals surface area contributed by atoms with E-state index in [1.807, 2.05) is 0 Å². The fraction of sp³-hybridized carbons (Fsp3) is 0.909. The van der Waals surface area contributed by atoms with Gasteiger partial charge in [0.1, 0.15) is 12.7 Å². The van der Waals surface area contributed by atoms with E-state index in [4.69, 9.17) is 19.1 Å². The van der Waals surface area contributed by atoms with Crippen LogP contribution < -0.4 is 0 Å². The molecule has 1 unspecified atom stereocenters. The number of hydrogen-bond donors (Lipinski definition) is 3. The second-order valence-electron chi connectivity index (χ2n) is 8.02. The van der Waals surface area contributed by atoms with Crippen LogP contribution >= 0.6 is 7.82 Å². The minimum Gasteiger partial charge on any atom is -0.462 e. The summed E-state index contributed by atoms with van der Waals surface area (Å²) in [5.74, 6) is -0.991. The maximum Gasteiger partial charge on any atom is 0.472 e. The molecule has 0 aromatic rings. The molecule has 0 aliphatic rings. The summed E-state index contributed by atoms with van der Waals surface area (Å²) >= 11 is 0. The Labute approximate surface area is 197 Å². The minimum atomic E-state index is -4.56. The molecule has 0 bridgehead atoms. The molecule has 0 fully saturated rings. The Kier molecular flexibility index (Phi) is 19.7. The number of carbonyl (C=O) groups excluding carboxylic acids is 2. The third-order valence-corrected chi connectivity index (χ3v) is 5.68. The first kappa shape index (κ1) is 32.0. The van der Waals surface area contributed by atoms with Gasteiger partial charge in [0.15, 0.2) is 6.10 Å². The molecule has 0 aromatic carbocycles. The number of phosphoric acid groups is 1. The highest BCUT2D eigenvalue weighted by molar-refractivity contribution is 7.47. The Hall–Kier alpha value is -1.03. The van der Waals surface area contributed by atoms with Gasteiger partial charge in [-0.1, -0.05) is 65.2 Å². The molecule has 3 atom stereocenters. The van der Waals surface area contributed by atoms with Gasteiger partial charge in [0.2, 0.25) is 0 Å². The Bertz CT molecular complexity index is 557. The summed E-state index contributed by atoms with van der Waals surface area (Å²) in [4.78, 5) is 33.4. The van der Waals surface area contributed by atoms with Gasteiger partial charge >= 0.3 is 19.8 Å². The van der Waals surface area contributed by atoms with Crippen molar-refractivity contribution < 1.29 is 47.8 Å². The van der Waals surface area contributed by atoms with Gasteiger partial charge in [0, 0.05) is 12.8 Å². The lowest BCUT2D eigenvalue weighted by Gasteiger charge is -2.20. The number of ether oxygens (including phenoxy) is 2. The molecule has 0 aliphatic carbocycles. The monoisotopic (exact) mass is 498 g/mol. The molecule has 0 saturated heterocycles. The predicted molar refractivity (Wildman–Crippen MR) is 122 cm³/mol. The second kappa shape index (κ2) is 20.4. The number of phosphoric ester groups is 1. The summed E-state index contributed by atoms with van der Waals surface area (Å²) in [5, 5.41) is 17.9. The number of rotatable bonds is 22. The van der Waals surface area contributed by atoms with Crippen molar-refractivity contribution in [2.24, 2.45) is 0 Å². The quantitative estimate of drug-likeness (QED) is 0.115. The van der Waals surface area contributed by atoms with Crippen LogP contribution in [0, 0.1) is 0 Å². The number of aliphatic hydroxyl groups excluding tert-OH is 2. The van der Waals surface area contributed by atoms with Gasteiger partial charge < -0.3 is 24.6 Å². The predicted octanol–water partition coefficient (Wildman–Crippen LogP) is 3.65. The molecule has 3 N–H and O–H groups in total. The molecule has 0 spiro atoms. The van der Waals surface area contributed by atoms with E-state index in [0.29, 0.717) is 12.8 Å². The Morgan fingerprint density at radius 3 is 1.94 bits per heavy atom. The van der Waals surface area contributed by atoms with Crippen LogP contribution in [0.15, 0.2) is 0 Å². The maximum atomic E-state index is 12.0. The average Bonchev–Trinajstić information content (AvgIpc) is 2.78. The Morgan fingerprint density at radius 2 is 1.36 bits per heavy atom. The average molecular weight is 499 g/mol. The van der Waals surface area contributed by atoms with Crippen LogP contribution in [0.1, 0.15) is 90.9 Å². The van der Waals surface area contributed by atoms with E-state index in [1.54, 1.807) is 6.92 Å². The number of hydrogen-bond acceptors (Lipinski definition) is 9. The fourth-order valence-corrected chi connectivity index (χ4v) is 3.64. The van der Waals surface area contributed by atoms with E-state index in [1.165, 1.54) is 32.1 Å². The number of aliphatic hydroxyl groups is 2. The first-order valence-electron chi connectivity index (χ1n) is 12.0. The van der Waals surface area contributed by atoms with Crippen LogP contribution in [0.3, 0.4) is 0 Å². The molecule has 0 amide bonds. The van der Waals surface area contributed by atoms with Crippen LogP contribution in [0.4, 0.5) is 0 Å². The lowest BCUT2D eigenvalue weighted by molar-refractivity contribution is -0.161. The molecular weight excluding hydrogens is 455 g/mol. The fourth-order valence-electron chi connectivity index (χ4n) is 2.85. The van der Waals surface area contributed by atoms with Crippen LogP contribution in [-0.2, 0) is 32.7 Å². The van der Waals surface area contributed by atoms with Crippen molar-refractivity contribution in [2.45, 2.75) is 103 Å². The van der Waals surface area contributed by atoms with Crippen molar-refractivity contribution in [1.29, 1.82) is 0 Å². The van der Waals surface area contributed by atoms with Gasteiger partial charge in [-0.2, -0.15) is 0 Å². The Balaban J connectivity index is 4.29.